The summed E-state index contributed by atoms with van der Waals surface area (Å²) in [7, 11) is 1.35. The van der Waals surface area contributed by atoms with Gasteiger partial charge in [0.05, 0.1) is 15.8 Å². The first-order chi connectivity index (χ1) is 8.13. The monoisotopic (exact) mass is 317 g/mol. The van der Waals surface area contributed by atoms with E-state index in [1.807, 2.05) is 6.07 Å². The minimum absolute atomic E-state index is 0.0893. The van der Waals surface area contributed by atoms with Gasteiger partial charge in [0.2, 0.25) is 0 Å². The van der Waals surface area contributed by atoms with Crippen LogP contribution >= 0.6 is 27.3 Å². The maximum atomic E-state index is 12.2. The zero-order chi connectivity index (χ0) is 12.4. The van der Waals surface area contributed by atoms with Crippen molar-refractivity contribution >= 4 is 39.1 Å². The molecular weight excluding hydrogens is 306 g/mol. The SMILES string of the molecule is COC(=O)C1CCCN1C(=O)c1ccc(Br)s1. The van der Waals surface area contributed by atoms with E-state index in [2.05, 4.69) is 15.9 Å². The maximum Gasteiger partial charge on any atom is 0.328 e. The van der Waals surface area contributed by atoms with Crippen molar-refractivity contribution in [2.75, 3.05) is 13.7 Å². The van der Waals surface area contributed by atoms with Gasteiger partial charge in [-0.2, -0.15) is 0 Å². The standard InChI is InChI=1S/C11H12BrNO3S/c1-16-11(15)7-3-2-6-13(7)10(14)8-4-5-9(12)17-8/h4-5,7H,2-3,6H2,1H3. The number of nitrogens with zero attached hydrogens (tertiary/aromatic N) is 1. The molecule has 0 N–H and O–H groups in total. The average Bonchev–Trinajstić information content (AvgIpc) is 2.95. The lowest BCUT2D eigenvalue weighted by Gasteiger charge is -2.21. The van der Waals surface area contributed by atoms with Gasteiger partial charge in [-0.05, 0) is 40.9 Å². The van der Waals surface area contributed by atoms with Crippen LogP contribution in [0.5, 0.6) is 0 Å². The van der Waals surface area contributed by atoms with Crippen molar-refractivity contribution in [1.29, 1.82) is 0 Å². The molecule has 1 aromatic heterocycles. The molecule has 1 aromatic rings. The molecule has 6 heteroatoms. The molecule has 1 fully saturated rings. The Morgan fingerprint density at radius 3 is 2.88 bits per heavy atom. The van der Waals surface area contributed by atoms with E-state index in [1.165, 1.54) is 18.4 Å². The van der Waals surface area contributed by atoms with Crippen LogP contribution in [-0.4, -0.2) is 36.5 Å². The molecule has 92 valence electrons. The van der Waals surface area contributed by atoms with Gasteiger partial charge in [0, 0.05) is 6.54 Å². The third-order valence-electron chi connectivity index (χ3n) is 2.77. The number of hydrogen-bond acceptors (Lipinski definition) is 4. The number of carbonyl (C=O) groups excluding carboxylic acids is 2. The van der Waals surface area contributed by atoms with Crippen LogP contribution in [0.3, 0.4) is 0 Å². The Labute approximate surface area is 112 Å². The molecule has 0 bridgehead atoms. The third-order valence-corrected chi connectivity index (χ3v) is 4.38. The first-order valence-corrected chi connectivity index (χ1v) is 6.88. The Kier molecular flexibility index (Phi) is 3.83. The van der Waals surface area contributed by atoms with Crippen LogP contribution in [0.15, 0.2) is 15.9 Å². The molecule has 0 spiro atoms. The van der Waals surface area contributed by atoms with Gasteiger partial charge in [-0.25, -0.2) is 4.79 Å². The maximum absolute atomic E-state index is 12.2. The summed E-state index contributed by atoms with van der Waals surface area (Å²) in [6.45, 7) is 0.619. The number of hydrogen-bond donors (Lipinski definition) is 0. The summed E-state index contributed by atoms with van der Waals surface area (Å²) < 4.78 is 5.63. The van der Waals surface area contributed by atoms with Crippen molar-refractivity contribution in [2.45, 2.75) is 18.9 Å². The van der Waals surface area contributed by atoms with Crippen molar-refractivity contribution in [3.05, 3.63) is 20.8 Å². The number of ether oxygens (including phenoxy) is 1. The Balaban J connectivity index is 2.16. The molecule has 4 nitrogen and oxygen atoms in total. The summed E-state index contributed by atoms with van der Waals surface area (Å²) in [6.07, 6.45) is 1.53. The lowest BCUT2D eigenvalue weighted by atomic mass is 10.2. The summed E-state index contributed by atoms with van der Waals surface area (Å²) in [5.74, 6) is -0.417. The average molecular weight is 318 g/mol. The topological polar surface area (TPSA) is 46.6 Å². The molecule has 1 atom stereocenters. The van der Waals surface area contributed by atoms with Gasteiger partial charge in [-0.15, -0.1) is 11.3 Å². The van der Waals surface area contributed by atoms with Gasteiger partial charge in [-0.1, -0.05) is 0 Å². The van der Waals surface area contributed by atoms with E-state index in [4.69, 9.17) is 4.74 Å². The number of esters is 1. The number of amides is 1. The molecule has 1 amide bonds. The van der Waals surface area contributed by atoms with Gasteiger partial charge in [0.25, 0.3) is 5.91 Å². The zero-order valence-corrected chi connectivity index (χ0v) is 11.7. The highest BCUT2D eigenvalue weighted by molar-refractivity contribution is 9.11. The zero-order valence-electron chi connectivity index (χ0n) is 9.31. The van der Waals surface area contributed by atoms with Crippen molar-refractivity contribution < 1.29 is 14.3 Å². The number of carbonyl (C=O) groups is 2. The molecule has 1 aliphatic heterocycles. The highest BCUT2D eigenvalue weighted by atomic mass is 79.9. The minimum Gasteiger partial charge on any atom is -0.467 e. The van der Waals surface area contributed by atoms with Crippen molar-refractivity contribution in [2.24, 2.45) is 0 Å². The molecule has 17 heavy (non-hydrogen) atoms. The van der Waals surface area contributed by atoms with Crippen molar-refractivity contribution in [3.63, 3.8) is 0 Å². The number of likely N-dealkylation sites (tertiary alicyclic amines) is 1. The Hall–Kier alpha value is -0.880. The molecule has 0 radical (unpaired) electrons. The highest BCUT2D eigenvalue weighted by Gasteiger charge is 2.35. The first kappa shape index (κ1) is 12.6. The van der Waals surface area contributed by atoms with Gasteiger partial charge in [0.1, 0.15) is 6.04 Å². The van der Waals surface area contributed by atoms with Crippen molar-refractivity contribution in [3.8, 4) is 0 Å². The van der Waals surface area contributed by atoms with E-state index >= 15 is 0 Å². The molecular formula is C11H12BrNO3S. The predicted molar refractivity (Wildman–Crippen MR) is 68.1 cm³/mol. The quantitative estimate of drug-likeness (QED) is 0.786. The van der Waals surface area contributed by atoms with Gasteiger partial charge >= 0.3 is 5.97 Å². The van der Waals surface area contributed by atoms with E-state index in [-0.39, 0.29) is 11.9 Å². The molecule has 0 aliphatic carbocycles. The van der Waals surface area contributed by atoms with Gasteiger partial charge in [0.15, 0.2) is 0 Å². The molecule has 2 rings (SSSR count). The smallest absolute Gasteiger partial charge is 0.328 e. The Bertz CT molecular complexity index is 446. The first-order valence-electron chi connectivity index (χ1n) is 5.27. The second-order valence-electron chi connectivity index (χ2n) is 3.78. The molecule has 1 saturated heterocycles. The predicted octanol–water partition coefficient (Wildman–Crippen LogP) is 2.29. The van der Waals surface area contributed by atoms with Crippen LogP contribution in [-0.2, 0) is 9.53 Å². The van der Waals surface area contributed by atoms with Crippen LogP contribution in [0.2, 0.25) is 0 Å². The van der Waals surface area contributed by atoms with E-state index in [0.717, 1.165) is 10.2 Å². The fourth-order valence-corrected chi connectivity index (χ4v) is 3.30. The number of halogens is 1. The highest BCUT2D eigenvalue weighted by Crippen LogP contribution is 2.27. The van der Waals surface area contributed by atoms with Crippen molar-refractivity contribution in [1.82, 2.24) is 4.90 Å². The molecule has 1 aliphatic rings. The largest absolute Gasteiger partial charge is 0.467 e. The number of thiophene rings is 1. The van der Waals surface area contributed by atoms with Crippen LogP contribution in [0, 0.1) is 0 Å². The summed E-state index contributed by atoms with van der Waals surface area (Å²) >= 11 is 4.70. The minimum atomic E-state index is -0.423. The molecule has 0 saturated carbocycles. The summed E-state index contributed by atoms with van der Waals surface area (Å²) in [5.41, 5.74) is 0. The van der Waals surface area contributed by atoms with Gasteiger partial charge in [-0.3, -0.25) is 4.79 Å². The third kappa shape index (κ3) is 2.52. The summed E-state index contributed by atoms with van der Waals surface area (Å²) in [5, 5.41) is 0. The van der Waals surface area contributed by atoms with Crippen LogP contribution in [0.25, 0.3) is 0 Å². The lowest BCUT2D eigenvalue weighted by Crippen LogP contribution is -2.40. The van der Waals surface area contributed by atoms with Gasteiger partial charge < -0.3 is 9.64 Å². The normalized spacial score (nSPS) is 19.4. The lowest BCUT2D eigenvalue weighted by molar-refractivity contribution is -0.145. The van der Waals surface area contributed by atoms with E-state index in [1.54, 1.807) is 11.0 Å². The van der Waals surface area contributed by atoms with Crippen LogP contribution in [0.4, 0.5) is 0 Å². The number of methoxy groups -OCH3 is 1. The van der Waals surface area contributed by atoms with E-state index in [9.17, 15) is 9.59 Å². The van der Waals surface area contributed by atoms with E-state index < -0.39 is 6.04 Å². The molecule has 0 aromatic carbocycles. The Morgan fingerprint density at radius 1 is 1.53 bits per heavy atom. The second kappa shape index (κ2) is 5.18. The number of rotatable bonds is 2. The fraction of sp³-hybridized carbons (Fsp3) is 0.455. The van der Waals surface area contributed by atoms with E-state index in [0.29, 0.717) is 17.8 Å². The summed E-state index contributed by atoms with van der Waals surface area (Å²) in [6, 6.07) is 3.18. The Morgan fingerprint density at radius 2 is 2.29 bits per heavy atom. The second-order valence-corrected chi connectivity index (χ2v) is 6.25. The van der Waals surface area contributed by atoms with Crippen LogP contribution in [0.1, 0.15) is 22.5 Å². The molecule has 2 heterocycles. The van der Waals surface area contributed by atoms with Crippen LogP contribution < -0.4 is 0 Å². The summed E-state index contributed by atoms with van der Waals surface area (Å²) in [4.78, 5) is 26.0. The molecule has 1 unspecified atom stereocenters. The fourth-order valence-electron chi connectivity index (χ4n) is 1.96.